The summed E-state index contributed by atoms with van der Waals surface area (Å²) in [6.07, 6.45) is 0. The fraction of sp³-hybridized carbons (Fsp3) is 0.0698. The zero-order chi connectivity index (χ0) is 31.3. The molecule has 10 rings (SSSR count). The first kappa shape index (κ1) is 26.6. The number of para-hydroxylation sites is 1. The lowest BCUT2D eigenvalue weighted by molar-refractivity contribution is 0.666. The van der Waals surface area contributed by atoms with Gasteiger partial charge in [0.15, 0.2) is 5.82 Å². The van der Waals surface area contributed by atoms with Gasteiger partial charge in [0.1, 0.15) is 0 Å². The fourth-order valence-electron chi connectivity index (χ4n) is 7.83. The van der Waals surface area contributed by atoms with E-state index in [1.807, 2.05) is 11.3 Å². The Morgan fingerprint density at radius 1 is 0.574 bits per heavy atom. The Kier molecular flexibility index (Phi) is 5.50. The van der Waals surface area contributed by atoms with Crippen molar-refractivity contribution in [3.63, 3.8) is 0 Å². The van der Waals surface area contributed by atoms with Gasteiger partial charge in [-0.2, -0.15) is 0 Å². The lowest BCUT2D eigenvalue weighted by atomic mass is 9.81. The standard InChI is InChI=1S/C43H29N3S/c1-43(2)34-17-9-6-15-30(34)41-39(43)31-16-7-10-18-36(31)46(41)28-21-22-35-33(25-28)40(26-12-4-3-5-13-26)45-42(44-35)27-20-23-38-32(24-27)29-14-8-11-19-37(29)47-38/h3-25H,1-2H3. The molecule has 0 unspecified atom stereocenters. The summed E-state index contributed by atoms with van der Waals surface area (Å²) in [7, 11) is 0. The van der Waals surface area contributed by atoms with Gasteiger partial charge in [0.05, 0.1) is 22.4 Å². The number of nitrogens with zero attached hydrogens (tertiary/aromatic N) is 3. The molecular weight excluding hydrogens is 591 g/mol. The molecule has 0 saturated heterocycles. The maximum atomic E-state index is 5.31. The second-order valence-electron chi connectivity index (χ2n) is 13.0. The normalized spacial score (nSPS) is 13.5. The van der Waals surface area contributed by atoms with Crippen LogP contribution in [0.5, 0.6) is 0 Å². The Bertz CT molecular complexity index is 2710. The van der Waals surface area contributed by atoms with E-state index in [2.05, 4.69) is 158 Å². The molecular formula is C43H29N3S. The van der Waals surface area contributed by atoms with Crippen molar-refractivity contribution in [2.24, 2.45) is 0 Å². The van der Waals surface area contributed by atoms with Gasteiger partial charge in [-0.1, -0.05) is 105 Å². The van der Waals surface area contributed by atoms with E-state index in [4.69, 9.17) is 9.97 Å². The van der Waals surface area contributed by atoms with Crippen molar-refractivity contribution < 1.29 is 0 Å². The van der Waals surface area contributed by atoms with E-state index in [-0.39, 0.29) is 5.41 Å². The van der Waals surface area contributed by atoms with E-state index in [1.54, 1.807) is 0 Å². The van der Waals surface area contributed by atoms with Crippen LogP contribution < -0.4 is 0 Å². The van der Waals surface area contributed by atoms with Gasteiger partial charge in [-0.05, 0) is 59.7 Å². The van der Waals surface area contributed by atoms with Crippen LogP contribution in [0.2, 0.25) is 0 Å². The zero-order valence-corrected chi connectivity index (χ0v) is 26.8. The number of thiophene rings is 1. The molecule has 1 aliphatic carbocycles. The highest BCUT2D eigenvalue weighted by Crippen LogP contribution is 2.53. The number of hydrogen-bond donors (Lipinski definition) is 0. The average Bonchev–Trinajstić information content (AvgIpc) is 3.74. The molecule has 0 aliphatic heterocycles. The highest BCUT2D eigenvalue weighted by molar-refractivity contribution is 7.25. The van der Waals surface area contributed by atoms with Gasteiger partial charge >= 0.3 is 0 Å². The van der Waals surface area contributed by atoms with Gasteiger partial charge in [-0.15, -0.1) is 11.3 Å². The maximum absolute atomic E-state index is 5.31. The van der Waals surface area contributed by atoms with E-state index in [0.29, 0.717) is 0 Å². The molecule has 0 bridgehead atoms. The first-order valence-corrected chi connectivity index (χ1v) is 16.9. The minimum atomic E-state index is -0.101. The third kappa shape index (κ3) is 3.79. The number of rotatable bonds is 3. The molecule has 0 spiro atoms. The minimum Gasteiger partial charge on any atom is -0.309 e. The van der Waals surface area contributed by atoms with E-state index in [1.165, 1.54) is 53.5 Å². The second kappa shape index (κ2) is 9.71. The molecule has 0 amide bonds. The van der Waals surface area contributed by atoms with Crippen molar-refractivity contribution in [3.05, 3.63) is 151 Å². The maximum Gasteiger partial charge on any atom is 0.160 e. The molecule has 0 N–H and O–H groups in total. The number of aromatic nitrogens is 3. The predicted molar refractivity (Wildman–Crippen MR) is 198 cm³/mol. The van der Waals surface area contributed by atoms with Crippen molar-refractivity contribution in [1.29, 1.82) is 0 Å². The van der Waals surface area contributed by atoms with Crippen LogP contribution in [0.4, 0.5) is 0 Å². The second-order valence-corrected chi connectivity index (χ2v) is 14.1. The highest BCUT2D eigenvalue weighted by Gasteiger charge is 2.40. The molecule has 0 saturated carbocycles. The van der Waals surface area contributed by atoms with Crippen LogP contribution in [0.25, 0.3) is 81.6 Å². The van der Waals surface area contributed by atoms with Gasteiger partial charge in [0, 0.05) is 58.7 Å². The number of hydrogen-bond acceptors (Lipinski definition) is 3. The quantitative estimate of drug-likeness (QED) is 0.197. The van der Waals surface area contributed by atoms with Crippen molar-refractivity contribution in [2.75, 3.05) is 0 Å². The van der Waals surface area contributed by atoms with Gasteiger partial charge in [0.2, 0.25) is 0 Å². The summed E-state index contributed by atoms with van der Waals surface area (Å²) >= 11 is 1.83. The van der Waals surface area contributed by atoms with Crippen molar-refractivity contribution in [3.8, 4) is 39.6 Å². The monoisotopic (exact) mass is 619 g/mol. The summed E-state index contributed by atoms with van der Waals surface area (Å²) in [4.78, 5) is 10.5. The van der Waals surface area contributed by atoms with Crippen LogP contribution in [0.15, 0.2) is 140 Å². The largest absolute Gasteiger partial charge is 0.309 e. The number of fused-ring (bicyclic) bond motifs is 9. The smallest absolute Gasteiger partial charge is 0.160 e. The van der Waals surface area contributed by atoms with E-state index >= 15 is 0 Å². The predicted octanol–water partition coefficient (Wildman–Crippen LogP) is 11.6. The van der Waals surface area contributed by atoms with Crippen LogP contribution in [0.3, 0.4) is 0 Å². The average molecular weight is 620 g/mol. The Balaban J connectivity index is 1.23. The van der Waals surface area contributed by atoms with Crippen molar-refractivity contribution >= 4 is 53.3 Å². The van der Waals surface area contributed by atoms with Gasteiger partial charge in [-0.3, -0.25) is 0 Å². The molecule has 0 atom stereocenters. The van der Waals surface area contributed by atoms with Crippen LogP contribution in [0.1, 0.15) is 25.0 Å². The molecule has 6 aromatic carbocycles. The van der Waals surface area contributed by atoms with Gasteiger partial charge in [0.25, 0.3) is 0 Å². The van der Waals surface area contributed by atoms with Gasteiger partial charge in [-0.25, -0.2) is 9.97 Å². The third-order valence-electron chi connectivity index (χ3n) is 9.97. The van der Waals surface area contributed by atoms with Crippen LogP contribution in [-0.2, 0) is 5.41 Å². The van der Waals surface area contributed by atoms with Crippen molar-refractivity contribution in [2.45, 2.75) is 19.3 Å². The Hall–Kier alpha value is -5.58. The fourth-order valence-corrected chi connectivity index (χ4v) is 8.92. The number of benzene rings is 6. The zero-order valence-electron chi connectivity index (χ0n) is 26.0. The Labute approximate surface area is 276 Å². The minimum absolute atomic E-state index is 0.101. The first-order valence-electron chi connectivity index (χ1n) is 16.1. The van der Waals surface area contributed by atoms with Crippen LogP contribution in [0, 0.1) is 0 Å². The van der Waals surface area contributed by atoms with E-state index < -0.39 is 0 Å². The summed E-state index contributed by atoms with van der Waals surface area (Å²) in [5, 5.41) is 4.87. The highest BCUT2D eigenvalue weighted by atomic mass is 32.1. The molecule has 0 radical (unpaired) electrons. The van der Waals surface area contributed by atoms with E-state index in [0.717, 1.165) is 39.2 Å². The summed E-state index contributed by atoms with van der Waals surface area (Å²) in [6.45, 7) is 4.71. The first-order chi connectivity index (χ1) is 23.1. The SMILES string of the molecule is CC1(C)c2ccccc2-c2c1c1ccccc1n2-c1ccc2nc(-c3ccc4sc5ccccc5c4c3)nc(-c3ccccc3)c2c1. The van der Waals surface area contributed by atoms with E-state index in [9.17, 15) is 0 Å². The molecule has 3 aromatic heterocycles. The molecule has 1 aliphatic rings. The molecule has 0 fully saturated rings. The molecule has 3 heterocycles. The van der Waals surface area contributed by atoms with Crippen molar-refractivity contribution in [1.82, 2.24) is 14.5 Å². The Morgan fingerprint density at radius 3 is 2.21 bits per heavy atom. The summed E-state index contributed by atoms with van der Waals surface area (Å²) in [5.41, 5.74) is 11.5. The molecule has 9 aromatic rings. The Morgan fingerprint density at radius 2 is 1.32 bits per heavy atom. The van der Waals surface area contributed by atoms with Crippen LogP contribution >= 0.6 is 11.3 Å². The molecule has 222 valence electrons. The summed E-state index contributed by atoms with van der Waals surface area (Å²) < 4.78 is 5.03. The molecule has 47 heavy (non-hydrogen) atoms. The lowest BCUT2D eigenvalue weighted by Crippen LogP contribution is -2.14. The van der Waals surface area contributed by atoms with Gasteiger partial charge < -0.3 is 4.57 Å². The third-order valence-corrected chi connectivity index (χ3v) is 11.1. The lowest BCUT2D eigenvalue weighted by Gasteiger charge is -2.21. The summed E-state index contributed by atoms with van der Waals surface area (Å²) in [6, 6.07) is 50.2. The summed E-state index contributed by atoms with van der Waals surface area (Å²) in [5.74, 6) is 0.740. The molecule has 3 nitrogen and oxygen atoms in total. The molecule has 4 heteroatoms. The van der Waals surface area contributed by atoms with Crippen LogP contribution in [-0.4, -0.2) is 14.5 Å². The topological polar surface area (TPSA) is 30.7 Å².